The van der Waals surface area contributed by atoms with Crippen LogP contribution in [0.15, 0.2) is 52.1 Å². The zero-order valence-electron chi connectivity index (χ0n) is 16.9. The molecule has 3 rings (SSSR count). The van der Waals surface area contributed by atoms with E-state index >= 15 is 0 Å². The second-order valence-electron chi connectivity index (χ2n) is 6.62. The van der Waals surface area contributed by atoms with Crippen molar-refractivity contribution in [3.05, 3.63) is 64.1 Å². The topological polar surface area (TPSA) is 69.0 Å². The number of benzene rings is 2. The van der Waals surface area contributed by atoms with Crippen LogP contribution in [0.1, 0.15) is 31.3 Å². The third-order valence-electron chi connectivity index (χ3n) is 4.41. The molecular formula is C21H22BrFN4O2S. The summed E-state index contributed by atoms with van der Waals surface area (Å²) in [6, 6.07) is 12.4. The van der Waals surface area contributed by atoms with Crippen molar-refractivity contribution in [1.82, 2.24) is 14.8 Å². The smallest absolute Gasteiger partial charge is 0.234 e. The molecule has 0 bridgehead atoms. The van der Waals surface area contributed by atoms with Crippen molar-refractivity contribution in [3.8, 4) is 5.75 Å². The minimum Gasteiger partial charge on any atom is -0.483 e. The molecule has 1 heterocycles. The van der Waals surface area contributed by atoms with E-state index in [9.17, 15) is 9.18 Å². The van der Waals surface area contributed by atoms with Crippen molar-refractivity contribution in [2.45, 2.75) is 31.5 Å². The minimum atomic E-state index is -0.499. The molecule has 30 heavy (non-hydrogen) atoms. The number of anilines is 1. The molecule has 1 aromatic heterocycles. The Morgan fingerprint density at radius 2 is 2.00 bits per heavy atom. The maximum Gasteiger partial charge on any atom is 0.234 e. The Hall–Kier alpha value is -2.39. The molecule has 0 fully saturated rings. The first-order valence-electron chi connectivity index (χ1n) is 9.40. The van der Waals surface area contributed by atoms with E-state index in [1.54, 1.807) is 10.6 Å². The van der Waals surface area contributed by atoms with Crippen LogP contribution in [0, 0.1) is 5.82 Å². The molecule has 3 aromatic rings. The van der Waals surface area contributed by atoms with Crippen LogP contribution < -0.4 is 10.1 Å². The summed E-state index contributed by atoms with van der Waals surface area (Å²) in [6.45, 7) is 4.00. The second kappa shape index (κ2) is 10.1. The van der Waals surface area contributed by atoms with Gasteiger partial charge < -0.3 is 14.6 Å². The summed E-state index contributed by atoms with van der Waals surface area (Å²) in [6.07, 6.45) is 0.664. The number of aromatic nitrogens is 3. The number of rotatable bonds is 8. The summed E-state index contributed by atoms with van der Waals surface area (Å²) in [7, 11) is 1.82. The Morgan fingerprint density at radius 3 is 2.67 bits per heavy atom. The van der Waals surface area contributed by atoms with Gasteiger partial charge in [0.25, 0.3) is 0 Å². The molecule has 6 nitrogen and oxygen atoms in total. The molecule has 0 aliphatic heterocycles. The van der Waals surface area contributed by atoms with Crippen LogP contribution in [0.25, 0.3) is 0 Å². The van der Waals surface area contributed by atoms with E-state index in [0.29, 0.717) is 15.5 Å². The summed E-state index contributed by atoms with van der Waals surface area (Å²) in [4.78, 5) is 12.2. The zero-order chi connectivity index (χ0) is 21.7. The molecular weight excluding hydrogens is 471 g/mol. The molecule has 2 aromatic carbocycles. The number of amides is 1. The summed E-state index contributed by atoms with van der Waals surface area (Å²) in [5.41, 5.74) is 1.38. The van der Waals surface area contributed by atoms with E-state index in [0.717, 1.165) is 12.2 Å². The van der Waals surface area contributed by atoms with Gasteiger partial charge in [-0.1, -0.05) is 46.7 Å². The predicted molar refractivity (Wildman–Crippen MR) is 119 cm³/mol. The number of ether oxygens (including phenoxy) is 1. The lowest BCUT2D eigenvalue weighted by Crippen LogP contribution is -2.15. The van der Waals surface area contributed by atoms with Crippen molar-refractivity contribution in [2.75, 3.05) is 11.1 Å². The minimum absolute atomic E-state index is 0.0786. The number of halogens is 2. The van der Waals surface area contributed by atoms with Gasteiger partial charge >= 0.3 is 0 Å². The van der Waals surface area contributed by atoms with Crippen molar-refractivity contribution in [2.24, 2.45) is 7.05 Å². The summed E-state index contributed by atoms with van der Waals surface area (Å²) >= 11 is 4.41. The van der Waals surface area contributed by atoms with E-state index in [2.05, 4.69) is 38.4 Å². The largest absolute Gasteiger partial charge is 0.483 e. The highest BCUT2D eigenvalue weighted by Crippen LogP contribution is 2.25. The molecule has 0 saturated carbocycles. The third kappa shape index (κ3) is 5.60. The van der Waals surface area contributed by atoms with Crippen LogP contribution in [-0.2, 0) is 18.3 Å². The average Bonchev–Trinajstić information content (AvgIpc) is 3.09. The van der Waals surface area contributed by atoms with Crippen LogP contribution in [0.3, 0.4) is 0 Å². The molecule has 9 heteroatoms. The molecule has 158 valence electrons. The first-order chi connectivity index (χ1) is 14.4. The van der Waals surface area contributed by atoms with Gasteiger partial charge in [0.05, 0.1) is 11.4 Å². The highest BCUT2D eigenvalue weighted by molar-refractivity contribution is 9.10. The first-order valence-corrected chi connectivity index (χ1v) is 11.2. The van der Waals surface area contributed by atoms with Crippen molar-refractivity contribution in [1.29, 1.82) is 0 Å². The molecule has 1 N–H and O–H groups in total. The SMILES string of the molecule is CCc1ccc(O[C@@H](C)c2nnc(SCC(=O)Nc3ccc(Br)cc3F)n2C)cc1. The highest BCUT2D eigenvalue weighted by Gasteiger charge is 2.18. The summed E-state index contributed by atoms with van der Waals surface area (Å²) in [5.74, 6) is 0.659. The van der Waals surface area contributed by atoms with E-state index in [-0.39, 0.29) is 23.5 Å². The Morgan fingerprint density at radius 1 is 1.27 bits per heavy atom. The molecule has 0 aliphatic rings. The van der Waals surface area contributed by atoms with E-state index in [4.69, 9.17) is 4.74 Å². The number of carbonyl (C=O) groups excluding carboxylic acids is 1. The van der Waals surface area contributed by atoms with Crippen molar-refractivity contribution in [3.63, 3.8) is 0 Å². The fourth-order valence-corrected chi connectivity index (χ4v) is 3.82. The van der Waals surface area contributed by atoms with Gasteiger partial charge in [0.2, 0.25) is 5.91 Å². The van der Waals surface area contributed by atoms with Gasteiger partial charge in [-0.2, -0.15) is 0 Å². The monoisotopic (exact) mass is 492 g/mol. The number of aryl methyl sites for hydroxylation is 1. The average molecular weight is 493 g/mol. The van der Waals surface area contributed by atoms with Gasteiger partial charge in [0.1, 0.15) is 11.6 Å². The highest BCUT2D eigenvalue weighted by atomic mass is 79.9. The fourth-order valence-electron chi connectivity index (χ4n) is 2.77. The number of nitrogens with zero attached hydrogens (tertiary/aromatic N) is 3. The van der Waals surface area contributed by atoms with Crippen molar-refractivity contribution >= 4 is 39.3 Å². The first kappa shape index (κ1) is 22.3. The third-order valence-corrected chi connectivity index (χ3v) is 5.93. The van der Waals surface area contributed by atoms with E-state index in [1.807, 2.05) is 38.2 Å². The van der Waals surface area contributed by atoms with Crippen LogP contribution in [-0.4, -0.2) is 26.4 Å². The Bertz CT molecular complexity index is 1030. The maximum absolute atomic E-state index is 13.9. The van der Waals surface area contributed by atoms with Gasteiger partial charge in [-0.25, -0.2) is 4.39 Å². The van der Waals surface area contributed by atoms with Crippen LogP contribution in [0.4, 0.5) is 10.1 Å². The number of hydrogen-bond donors (Lipinski definition) is 1. The quantitative estimate of drug-likeness (QED) is 0.440. The lowest BCUT2D eigenvalue weighted by atomic mass is 10.2. The van der Waals surface area contributed by atoms with Gasteiger partial charge in [-0.15, -0.1) is 10.2 Å². The zero-order valence-corrected chi connectivity index (χ0v) is 19.3. The van der Waals surface area contributed by atoms with Crippen LogP contribution in [0.5, 0.6) is 5.75 Å². The number of hydrogen-bond acceptors (Lipinski definition) is 5. The molecule has 0 unspecified atom stereocenters. The summed E-state index contributed by atoms with van der Waals surface area (Å²) in [5, 5.41) is 11.5. The number of nitrogens with one attached hydrogen (secondary N) is 1. The Labute approximate surface area is 187 Å². The Kier molecular flexibility index (Phi) is 7.49. The van der Waals surface area contributed by atoms with E-state index < -0.39 is 5.82 Å². The molecule has 0 saturated heterocycles. The molecule has 0 spiro atoms. The second-order valence-corrected chi connectivity index (χ2v) is 8.48. The standard InChI is InChI=1S/C21H22BrFN4O2S/c1-4-14-5-8-16(9-6-14)29-13(2)20-25-26-21(27(20)3)30-12-19(28)24-18-10-7-15(22)11-17(18)23/h5-11,13H,4,12H2,1-3H3,(H,24,28)/t13-/m0/s1. The summed E-state index contributed by atoms with van der Waals surface area (Å²) < 4.78 is 22.2. The Balaban J connectivity index is 1.58. The molecule has 1 amide bonds. The maximum atomic E-state index is 13.9. The number of carbonyl (C=O) groups is 1. The molecule has 0 aliphatic carbocycles. The fraction of sp³-hybridized carbons (Fsp3) is 0.286. The van der Waals surface area contributed by atoms with Crippen LogP contribution in [0.2, 0.25) is 0 Å². The normalized spacial score (nSPS) is 11.9. The lowest BCUT2D eigenvalue weighted by molar-refractivity contribution is -0.113. The van der Waals surface area contributed by atoms with Crippen LogP contribution >= 0.6 is 27.7 Å². The predicted octanol–water partition coefficient (Wildman–Crippen LogP) is 5.15. The lowest BCUT2D eigenvalue weighted by Gasteiger charge is -2.14. The van der Waals surface area contributed by atoms with Crippen molar-refractivity contribution < 1.29 is 13.9 Å². The van der Waals surface area contributed by atoms with Gasteiger partial charge in [-0.3, -0.25) is 4.79 Å². The number of thioether (sulfide) groups is 1. The van der Waals surface area contributed by atoms with Gasteiger partial charge in [0, 0.05) is 11.5 Å². The molecule has 1 atom stereocenters. The molecule has 0 radical (unpaired) electrons. The van der Waals surface area contributed by atoms with E-state index in [1.165, 1.54) is 29.5 Å². The van der Waals surface area contributed by atoms with Gasteiger partial charge in [0.15, 0.2) is 17.1 Å². The van der Waals surface area contributed by atoms with Gasteiger partial charge in [-0.05, 0) is 49.2 Å².